The lowest BCUT2D eigenvalue weighted by molar-refractivity contribution is 0.497. The SMILES string of the molecule is Cn1ncc2c1CCC[C@@H]2NS(=O)(=O)Cc1ccccc1. The van der Waals surface area contributed by atoms with Crippen molar-refractivity contribution in [1.29, 1.82) is 0 Å². The predicted octanol–water partition coefficient (Wildman–Crippen LogP) is 1.92. The third-order valence-electron chi connectivity index (χ3n) is 3.90. The third kappa shape index (κ3) is 3.16. The third-order valence-corrected chi connectivity index (χ3v) is 5.25. The minimum atomic E-state index is -3.35. The van der Waals surface area contributed by atoms with Crippen LogP contribution in [0.4, 0.5) is 0 Å². The predicted molar refractivity (Wildman–Crippen MR) is 81.1 cm³/mol. The number of nitrogens with one attached hydrogen (secondary N) is 1. The van der Waals surface area contributed by atoms with Crippen LogP contribution in [0, 0.1) is 0 Å². The van der Waals surface area contributed by atoms with Crippen LogP contribution in [-0.2, 0) is 29.2 Å². The van der Waals surface area contributed by atoms with Crippen molar-refractivity contribution in [3.8, 4) is 0 Å². The summed E-state index contributed by atoms with van der Waals surface area (Å²) in [5, 5.41) is 4.24. The molecule has 21 heavy (non-hydrogen) atoms. The number of benzene rings is 1. The van der Waals surface area contributed by atoms with Gasteiger partial charge in [-0.2, -0.15) is 5.10 Å². The molecule has 1 N–H and O–H groups in total. The second kappa shape index (κ2) is 5.61. The Morgan fingerprint density at radius 1 is 1.33 bits per heavy atom. The molecule has 0 saturated heterocycles. The Bertz CT molecular complexity index is 723. The molecule has 2 aromatic rings. The summed E-state index contributed by atoms with van der Waals surface area (Å²) in [6, 6.07) is 9.09. The summed E-state index contributed by atoms with van der Waals surface area (Å²) < 4.78 is 29.4. The molecule has 1 heterocycles. The number of sulfonamides is 1. The van der Waals surface area contributed by atoms with Gasteiger partial charge in [-0.3, -0.25) is 4.68 Å². The number of hydrogen-bond acceptors (Lipinski definition) is 3. The minimum absolute atomic E-state index is 0.0138. The van der Waals surface area contributed by atoms with Crippen molar-refractivity contribution in [2.24, 2.45) is 7.05 Å². The molecule has 0 saturated carbocycles. The Morgan fingerprint density at radius 2 is 2.10 bits per heavy atom. The Kier molecular flexibility index (Phi) is 3.82. The summed E-state index contributed by atoms with van der Waals surface area (Å²) in [6.07, 6.45) is 4.55. The highest BCUT2D eigenvalue weighted by Crippen LogP contribution is 2.29. The summed E-state index contributed by atoms with van der Waals surface area (Å²) in [6.45, 7) is 0. The summed E-state index contributed by atoms with van der Waals surface area (Å²) in [7, 11) is -1.45. The van der Waals surface area contributed by atoms with Crippen molar-refractivity contribution in [3.05, 3.63) is 53.3 Å². The largest absolute Gasteiger partial charge is 0.272 e. The minimum Gasteiger partial charge on any atom is -0.272 e. The first-order chi connectivity index (χ1) is 10.1. The van der Waals surface area contributed by atoms with Crippen molar-refractivity contribution in [3.63, 3.8) is 0 Å². The van der Waals surface area contributed by atoms with Crippen molar-refractivity contribution < 1.29 is 8.42 Å². The number of rotatable bonds is 4. The second-order valence-corrected chi connectivity index (χ2v) is 7.23. The van der Waals surface area contributed by atoms with Crippen LogP contribution in [0.1, 0.15) is 35.7 Å². The second-order valence-electron chi connectivity index (χ2n) is 5.48. The lowest BCUT2D eigenvalue weighted by Gasteiger charge is -2.23. The van der Waals surface area contributed by atoms with E-state index in [2.05, 4.69) is 9.82 Å². The van der Waals surface area contributed by atoms with Crippen LogP contribution in [0.5, 0.6) is 0 Å². The molecule has 6 heteroatoms. The Labute approximate surface area is 125 Å². The zero-order valence-electron chi connectivity index (χ0n) is 12.0. The molecule has 1 aromatic heterocycles. The van der Waals surface area contributed by atoms with E-state index in [4.69, 9.17) is 0 Å². The highest BCUT2D eigenvalue weighted by molar-refractivity contribution is 7.88. The summed E-state index contributed by atoms with van der Waals surface area (Å²) in [5.74, 6) is 0.0138. The molecule has 112 valence electrons. The van der Waals surface area contributed by atoms with Crippen LogP contribution < -0.4 is 4.72 Å². The summed E-state index contributed by atoms with van der Waals surface area (Å²) in [4.78, 5) is 0. The van der Waals surface area contributed by atoms with Gasteiger partial charge in [0, 0.05) is 18.3 Å². The number of hydrogen-bond donors (Lipinski definition) is 1. The van der Waals surface area contributed by atoms with E-state index in [1.54, 1.807) is 6.20 Å². The van der Waals surface area contributed by atoms with E-state index in [9.17, 15) is 8.42 Å². The molecule has 3 rings (SSSR count). The van der Waals surface area contributed by atoms with Gasteiger partial charge in [0.2, 0.25) is 10.0 Å². The van der Waals surface area contributed by atoms with Gasteiger partial charge in [0.1, 0.15) is 0 Å². The van der Waals surface area contributed by atoms with Crippen LogP contribution in [0.25, 0.3) is 0 Å². The molecule has 1 aromatic carbocycles. The average Bonchev–Trinajstić information content (AvgIpc) is 2.82. The van der Waals surface area contributed by atoms with Gasteiger partial charge >= 0.3 is 0 Å². The van der Waals surface area contributed by atoms with Crippen molar-refractivity contribution in [2.45, 2.75) is 31.1 Å². The van der Waals surface area contributed by atoms with Crippen LogP contribution >= 0.6 is 0 Å². The van der Waals surface area contributed by atoms with Gasteiger partial charge < -0.3 is 0 Å². The van der Waals surface area contributed by atoms with Crippen LogP contribution in [-0.4, -0.2) is 18.2 Å². The molecule has 1 aliphatic rings. The lowest BCUT2D eigenvalue weighted by Crippen LogP contribution is -2.31. The van der Waals surface area contributed by atoms with E-state index < -0.39 is 10.0 Å². The zero-order valence-corrected chi connectivity index (χ0v) is 12.8. The topological polar surface area (TPSA) is 64.0 Å². The maximum absolute atomic E-state index is 12.3. The van der Waals surface area contributed by atoms with E-state index in [0.29, 0.717) is 0 Å². The molecule has 0 spiro atoms. The molecule has 0 amide bonds. The van der Waals surface area contributed by atoms with Crippen LogP contribution in [0.3, 0.4) is 0 Å². The van der Waals surface area contributed by atoms with Crippen LogP contribution in [0.15, 0.2) is 36.5 Å². The molecule has 0 radical (unpaired) electrons. The molecular weight excluding hydrogens is 286 g/mol. The first kappa shape index (κ1) is 14.3. The molecule has 5 nitrogen and oxygen atoms in total. The maximum atomic E-state index is 12.3. The van der Waals surface area contributed by atoms with Gasteiger partial charge in [0.05, 0.1) is 18.0 Å². The van der Waals surface area contributed by atoms with Gasteiger partial charge in [0.15, 0.2) is 0 Å². The molecule has 0 fully saturated rings. The standard InChI is InChI=1S/C15H19N3O2S/c1-18-15-9-5-8-14(13(15)10-16-18)17-21(19,20)11-12-6-3-2-4-7-12/h2-4,6-7,10,14,17H,5,8-9,11H2,1H3/t14-/m0/s1. The first-order valence-electron chi connectivity index (χ1n) is 7.10. The fraction of sp³-hybridized carbons (Fsp3) is 0.400. The monoisotopic (exact) mass is 305 g/mol. The number of aryl methyl sites for hydroxylation is 1. The molecular formula is C15H19N3O2S. The fourth-order valence-electron chi connectivity index (χ4n) is 2.88. The van der Waals surface area contributed by atoms with Crippen LogP contribution in [0.2, 0.25) is 0 Å². The smallest absolute Gasteiger partial charge is 0.216 e. The Balaban J connectivity index is 1.77. The highest BCUT2D eigenvalue weighted by Gasteiger charge is 2.27. The number of fused-ring (bicyclic) bond motifs is 1. The normalized spacial score (nSPS) is 18.4. The number of nitrogens with zero attached hydrogens (tertiary/aromatic N) is 2. The molecule has 1 atom stereocenters. The number of aromatic nitrogens is 2. The van der Waals surface area contributed by atoms with Gasteiger partial charge in [0.25, 0.3) is 0 Å². The van der Waals surface area contributed by atoms with E-state index >= 15 is 0 Å². The lowest BCUT2D eigenvalue weighted by atomic mass is 9.94. The van der Waals surface area contributed by atoms with Gasteiger partial charge in [-0.1, -0.05) is 30.3 Å². The molecule has 0 bridgehead atoms. The zero-order chi connectivity index (χ0) is 14.9. The van der Waals surface area contributed by atoms with E-state index in [0.717, 1.165) is 36.1 Å². The Morgan fingerprint density at radius 3 is 2.86 bits per heavy atom. The molecule has 0 unspecified atom stereocenters. The summed E-state index contributed by atoms with van der Waals surface area (Å²) in [5.41, 5.74) is 2.95. The maximum Gasteiger partial charge on any atom is 0.216 e. The van der Waals surface area contributed by atoms with E-state index in [1.807, 2.05) is 42.1 Å². The molecule has 0 aliphatic heterocycles. The first-order valence-corrected chi connectivity index (χ1v) is 8.75. The van der Waals surface area contributed by atoms with Gasteiger partial charge in [-0.25, -0.2) is 13.1 Å². The van der Waals surface area contributed by atoms with Gasteiger partial charge in [-0.05, 0) is 24.8 Å². The summed E-state index contributed by atoms with van der Waals surface area (Å²) >= 11 is 0. The quantitative estimate of drug-likeness (QED) is 0.938. The van der Waals surface area contributed by atoms with Crippen molar-refractivity contribution in [1.82, 2.24) is 14.5 Å². The fourth-order valence-corrected chi connectivity index (χ4v) is 4.27. The van der Waals surface area contributed by atoms with Crippen molar-refractivity contribution in [2.75, 3.05) is 0 Å². The van der Waals surface area contributed by atoms with Crippen molar-refractivity contribution >= 4 is 10.0 Å². The molecule has 1 aliphatic carbocycles. The van der Waals surface area contributed by atoms with Gasteiger partial charge in [-0.15, -0.1) is 0 Å². The van der Waals surface area contributed by atoms with E-state index in [-0.39, 0.29) is 11.8 Å². The highest BCUT2D eigenvalue weighted by atomic mass is 32.2. The van der Waals surface area contributed by atoms with E-state index in [1.165, 1.54) is 0 Å². The Hall–Kier alpha value is -1.66. The average molecular weight is 305 g/mol.